The van der Waals surface area contributed by atoms with Crippen molar-refractivity contribution in [3.8, 4) is 0 Å². The fourth-order valence-electron chi connectivity index (χ4n) is 2.42. The van der Waals surface area contributed by atoms with Gasteiger partial charge in [0.15, 0.2) is 0 Å². The summed E-state index contributed by atoms with van der Waals surface area (Å²) in [7, 11) is 3.75. The number of nitrogens with one attached hydrogen (secondary N) is 1. The minimum Gasteiger partial charge on any atom is -0.384 e. The fourth-order valence-corrected chi connectivity index (χ4v) is 2.83. The van der Waals surface area contributed by atoms with E-state index in [1.54, 1.807) is 18.9 Å². The Morgan fingerprint density at radius 2 is 1.57 bits per heavy atom. The van der Waals surface area contributed by atoms with Gasteiger partial charge in [0.1, 0.15) is 0 Å². The lowest BCUT2D eigenvalue weighted by Gasteiger charge is -2.18. The number of thioether (sulfide) groups is 1. The molecule has 21 heavy (non-hydrogen) atoms. The highest BCUT2D eigenvalue weighted by molar-refractivity contribution is 7.98. The topological polar surface area (TPSA) is 21.3 Å². The van der Waals surface area contributed by atoms with Crippen LogP contribution < -0.4 is 5.32 Å². The molecule has 2 aromatic rings. The molecule has 0 aliphatic heterocycles. The SMILES string of the molecule is CNC(c1ccc(CCOC)cc1)c1ccc(SC)cc1. The van der Waals surface area contributed by atoms with Crippen molar-refractivity contribution in [2.24, 2.45) is 0 Å². The molecule has 1 atom stereocenters. The van der Waals surface area contributed by atoms with Crippen LogP contribution in [0.15, 0.2) is 53.4 Å². The molecular weight excluding hydrogens is 278 g/mol. The Hall–Kier alpha value is -1.29. The Morgan fingerprint density at radius 1 is 1.00 bits per heavy atom. The third-order valence-electron chi connectivity index (χ3n) is 3.65. The molecule has 0 saturated carbocycles. The van der Waals surface area contributed by atoms with E-state index in [1.165, 1.54) is 21.6 Å². The van der Waals surface area contributed by atoms with Crippen LogP contribution in [0, 0.1) is 0 Å². The molecule has 0 spiro atoms. The van der Waals surface area contributed by atoms with Crippen LogP contribution in [-0.4, -0.2) is 27.0 Å². The highest BCUT2D eigenvalue weighted by atomic mass is 32.2. The lowest BCUT2D eigenvalue weighted by Crippen LogP contribution is -2.17. The average molecular weight is 301 g/mol. The molecule has 0 fully saturated rings. The molecular formula is C18H23NOS. The summed E-state index contributed by atoms with van der Waals surface area (Å²) in [5.74, 6) is 0. The average Bonchev–Trinajstić information content (AvgIpc) is 2.55. The van der Waals surface area contributed by atoms with E-state index in [2.05, 4.69) is 60.1 Å². The van der Waals surface area contributed by atoms with Crippen molar-refractivity contribution in [2.45, 2.75) is 17.4 Å². The van der Waals surface area contributed by atoms with Gasteiger partial charge in [-0.05, 0) is 48.5 Å². The first kappa shape index (κ1) is 16.1. The van der Waals surface area contributed by atoms with Crippen molar-refractivity contribution >= 4 is 11.8 Å². The van der Waals surface area contributed by atoms with Gasteiger partial charge < -0.3 is 10.1 Å². The molecule has 0 aromatic heterocycles. The molecule has 0 aliphatic rings. The smallest absolute Gasteiger partial charge is 0.0574 e. The Bertz CT molecular complexity index is 536. The summed E-state index contributed by atoms with van der Waals surface area (Å²) < 4.78 is 5.12. The van der Waals surface area contributed by atoms with E-state index in [0.717, 1.165) is 13.0 Å². The maximum Gasteiger partial charge on any atom is 0.0574 e. The first-order valence-electron chi connectivity index (χ1n) is 7.17. The normalized spacial score (nSPS) is 12.3. The van der Waals surface area contributed by atoms with Crippen LogP contribution in [0.1, 0.15) is 22.7 Å². The molecule has 112 valence electrons. The van der Waals surface area contributed by atoms with Crippen molar-refractivity contribution in [3.63, 3.8) is 0 Å². The number of methoxy groups -OCH3 is 1. The van der Waals surface area contributed by atoms with Crippen LogP contribution in [0.4, 0.5) is 0 Å². The van der Waals surface area contributed by atoms with Crippen LogP contribution in [0.25, 0.3) is 0 Å². The molecule has 2 aromatic carbocycles. The standard InChI is InChI=1S/C18H23NOS/c1-19-18(16-8-10-17(21-3)11-9-16)15-6-4-14(5-7-15)12-13-20-2/h4-11,18-19H,12-13H2,1-3H3. The van der Waals surface area contributed by atoms with Crippen molar-refractivity contribution in [1.82, 2.24) is 5.32 Å². The summed E-state index contributed by atoms with van der Waals surface area (Å²) in [5.41, 5.74) is 3.89. The second-order valence-corrected chi connectivity index (χ2v) is 5.86. The fraction of sp³-hybridized carbons (Fsp3) is 0.333. The molecule has 1 unspecified atom stereocenters. The van der Waals surface area contributed by atoms with Crippen LogP contribution in [0.5, 0.6) is 0 Å². The van der Waals surface area contributed by atoms with Crippen molar-refractivity contribution in [2.75, 3.05) is 27.0 Å². The molecule has 0 radical (unpaired) electrons. The molecule has 0 amide bonds. The second kappa shape index (κ2) is 8.23. The minimum absolute atomic E-state index is 0.234. The molecule has 0 heterocycles. The van der Waals surface area contributed by atoms with Gasteiger partial charge in [0.05, 0.1) is 12.6 Å². The quantitative estimate of drug-likeness (QED) is 0.784. The molecule has 0 bridgehead atoms. The Balaban J connectivity index is 2.15. The summed E-state index contributed by atoms with van der Waals surface area (Å²) in [6.45, 7) is 0.769. The lowest BCUT2D eigenvalue weighted by atomic mass is 9.97. The summed E-state index contributed by atoms with van der Waals surface area (Å²) in [6, 6.07) is 17.8. The van der Waals surface area contributed by atoms with Gasteiger partial charge in [0, 0.05) is 12.0 Å². The number of ether oxygens (including phenoxy) is 1. The third kappa shape index (κ3) is 4.34. The van der Waals surface area contributed by atoms with Gasteiger partial charge in [-0.1, -0.05) is 36.4 Å². The van der Waals surface area contributed by atoms with E-state index in [-0.39, 0.29) is 6.04 Å². The summed E-state index contributed by atoms with van der Waals surface area (Å²) in [6.07, 6.45) is 3.06. The summed E-state index contributed by atoms with van der Waals surface area (Å²) in [4.78, 5) is 1.29. The van der Waals surface area contributed by atoms with E-state index in [1.807, 2.05) is 7.05 Å². The zero-order chi connectivity index (χ0) is 15.1. The van der Waals surface area contributed by atoms with E-state index < -0.39 is 0 Å². The highest BCUT2D eigenvalue weighted by Crippen LogP contribution is 2.24. The number of hydrogen-bond acceptors (Lipinski definition) is 3. The summed E-state index contributed by atoms with van der Waals surface area (Å²) in [5, 5.41) is 3.40. The molecule has 0 saturated heterocycles. The molecule has 2 rings (SSSR count). The Labute approximate surface area is 131 Å². The van der Waals surface area contributed by atoms with Crippen LogP contribution in [0.2, 0.25) is 0 Å². The maximum absolute atomic E-state index is 5.12. The van der Waals surface area contributed by atoms with Crippen LogP contribution in [-0.2, 0) is 11.2 Å². The molecule has 1 N–H and O–H groups in total. The van der Waals surface area contributed by atoms with Gasteiger partial charge in [-0.25, -0.2) is 0 Å². The number of rotatable bonds is 7. The predicted octanol–water partition coefficient (Wildman–Crippen LogP) is 3.91. The largest absolute Gasteiger partial charge is 0.384 e. The van der Waals surface area contributed by atoms with E-state index >= 15 is 0 Å². The van der Waals surface area contributed by atoms with Gasteiger partial charge in [0.25, 0.3) is 0 Å². The third-order valence-corrected chi connectivity index (χ3v) is 4.39. The number of benzene rings is 2. The van der Waals surface area contributed by atoms with E-state index in [0.29, 0.717) is 0 Å². The van der Waals surface area contributed by atoms with Crippen LogP contribution in [0.3, 0.4) is 0 Å². The predicted molar refractivity (Wildman–Crippen MR) is 91.1 cm³/mol. The molecule has 2 nitrogen and oxygen atoms in total. The Kier molecular flexibility index (Phi) is 6.30. The molecule has 3 heteroatoms. The monoisotopic (exact) mass is 301 g/mol. The zero-order valence-electron chi connectivity index (χ0n) is 12.9. The number of hydrogen-bond donors (Lipinski definition) is 1. The van der Waals surface area contributed by atoms with Crippen LogP contribution >= 0.6 is 11.8 Å². The first-order valence-corrected chi connectivity index (χ1v) is 8.40. The van der Waals surface area contributed by atoms with Gasteiger partial charge in [0.2, 0.25) is 0 Å². The van der Waals surface area contributed by atoms with Gasteiger partial charge in [-0.15, -0.1) is 11.8 Å². The highest BCUT2D eigenvalue weighted by Gasteiger charge is 2.11. The van der Waals surface area contributed by atoms with E-state index in [9.17, 15) is 0 Å². The molecule has 0 aliphatic carbocycles. The first-order chi connectivity index (χ1) is 10.3. The van der Waals surface area contributed by atoms with Gasteiger partial charge in [-0.3, -0.25) is 0 Å². The van der Waals surface area contributed by atoms with Crippen molar-refractivity contribution < 1.29 is 4.74 Å². The van der Waals surface area contributed by atoms with Crippen molar-refractivity contribution in [3.05, 3.63) is 65.2 Å². The van der Waals surface area contributed by atoms with E-state index in [4.69, 9.17) is 4.74 Å². The second-order valence-electron chi connectivity index (χ2n) is 4.98. The van der Waals surface area contributed by atoms with Gasteiger partial charge in [-0.2, -0.15) is 0 Å². The van der Waals surface area contributed by atoms with Gasteiger partial charge >= 0.3 is 0 Å². The maximum atomic E-state index is 5.12. The van der Waals surface area contributed by atoms with Crippen molar-refractivity contribution in [1.29, 1.82) is 0 Å². The Morgan fingerprint density at radius 3 is 2.05 bits per heavy atom. The lowest BCUT2D eigenvalue weighted by molar-refractivity contribution is 0.202. The summed E-state index contributed by atoms with van der Waals surface area (Å²) >= 11 is 1.77. The zero-order valence-corrected chi connectivity index (χ0v) is 13.7. The minimum atomic E-state index is 0.234.